The fraction of sp³-hybridized carbons (Fsp3) is 0.316. The molecule has 2 aromatic carbocycles. The molecule has 4 nitrogen and oxygen atoms in total. The summed E-state index contributed by atoms with van der Waals surface area (Å²) in [6, 6.07) is 11.8. The number of halogens is 3. The Labute approximate surface area is 162 Å². The zero-order chi connectivity index (χ0) is 18.5. The van der Waals surface area contributed by atoms with Crippen molar-refractivity contribution in [3.05, 3.63) is 63.9 Å². The van der Waals surface area contributed by atoms with Crippen LogP contribution in [0.25, 0.3) is 0 Å². The molecule has 0 bridgehead atoms. The molecule has 1 amide bonds. The van der Waals surface area contributed by atoms with Gasteiger partial charge in [0.25, 0.3) is 5.91 Å². The van der Waals surface area contributed by atoms with Gasteiger partial charge < -0.3 is 9.64 Å². The van der Waals surface area contributed by atoms with Crippen LogP contribution in [0.15, 0.2) is 42.5 Å². The standard InChI is InChI=1S/C19H19Cl2FN2O2/c20-15-5-3-6-16(21)19(15)26-13-18(25)24-10-8-23(9-11-24)12-14-4-1-2-7-17(14)22/h1-7H,8-13H2. The summed E-state index contributed by atoms with van der Waals surface area (Å²) in [6.07, 6.45) is 0. The van der Waals surface area contributed by atoms with Crippen molar-refractivity contribution in [2.24, 2.45) is 0 Å². The first-order valence-electron chi connectivity index (χ1n) is 8.35. The molecule has 26 heavy (non-hydrogen) atoms. The summed E-state index contributed by atoms with van der Waals surface area (Å²) in [6.45, 7) is 2.96. The van der Waals surface area contributed by atoms with Gasteiger partial charge in [0.05, 0.1) is 10.0 Å². The largest absolute Gasteiger partial charge is 0.481 e. The Morgan fingerprint density at radius 3 is 2.31 bits per heavy atom. The van der Waals surface area contributed by atoms with Crippen molar-refractivity contribution in [3.8, 4) is 5.75 Å². The monoisotopic (exact) mass is 396 g/mol. The fourth-order valence-electron chi connectivity index (χ4n) is 2.87. The molecule has 0 unspecified atom stereocenters. The Hall–Kier alpha value is -1.82. The summed E-state index contributed by atoms with van der Waals surface area (Å²) >= 11 is 12.1. The van der Waals surface area contributed by atoms with Crippen LogP contribution in [0.2, 0.25) is 10.0 Å². The van der Waals surface area contributed by atoms with Gasteiger partial charge in [-0.25, -0.2) is 4.39 Å². The normalized spacial score (nSPS) is 15.1. The van der Waals surface area contributed by atoms with Crippen LogP contribution in [-0.2, 0) is 11.3 Å². The molecular weight excluding hydrogens is 378 g/mol. The van der Waals surface area contributed by atoms with E-state index >= 15 is 0 Å². The van der Waals surface area contributed by atoms with E-state index in [1.165, 1.54) is 6.07 Å². The van der Waals surface area contributed by atoms with Crippen LogP contribution < -0.4 is 4.74 Å². The first kappa shape index (κ1) is 19.0. The molecule has 1 aliphatic rings. The van der Waals surface area contributed by atoms with E-state index in [0.29, 0.717) is 54.1 Å². The smallest absolute Gasteiger partial charge is 0.260 e. The molecule has 1 fully saturated rings. The molecular formula is C19H19Cl2FN2O2. The topological polar surface area (TPSA) is 32.8 Å². The SMILES string of the molecule is O=C(COc1c(Cl)cccc1Cl)N1CCN(Cc2ccccc2F)CC1. The third-order valence-electron chi connectivity index (χ3n) is 4.34. The average molecular weight is 397 g/mol. The number of hydrogen-bond acceptors (Lipinski definition) is 3. The lowest BCUT2D eigenvalue weighted by Crippen LogP contribution is -2.49. The van der Waals surface area contributed by atoms with E-state index in [0.717, 1.165) is 0 Å². The Morgan fingerprint density at radius 2 is 1.65 bits per heavy atom. The maximum atomic E-state index is 13.7. The molecule has 0 spiro atoms. The first-order valence-corrected chi connectivity index (χ1v) is 9.10. The predicted molar refractivity (Wildman–Crippen MR) is 100 cm³/mol. The molecule has 0 saturated carbocycles. The number of ether oxygens (including phenoxy) is 1. The molecule has 7 heteroatoms. The Kier molecular flexibility index (Phi) is 6.35. The molecule has 138 valence electrons. The second-order valence-electron chi connectivity index (χ2n) is 6.09. The van der Waals surface area contributed by atoms with Gasteiger partial charge in [-0.1, -0.05) is 47.5 Å². The summed E-state index contributed by atoms with van der Waals surface area (Å²) in [4.78, 5) is 16.2. The molecule has 1 saturated heterocycles. The van der Waals surface area contributed by atoms with E-state index in [4.69, 9.17) is 27.9 Å². The lowest BCUT2D eigenvalue weighted by Gasteiger charge is -2.34. The second kappa shape index (κ2) is 8.71. The van der Waals surface area contributed by atoms with Gasteiger partial charge in [-0.2, -0.15) is 0 Å². The predicted octanol–water partition coefficient (Wildman–Crippen LogP) is 3.86. The summed E-state index contributed by atoms with van der Waals surface area (Å²) in [5.74, 6) is 0.00456. The van der Waals surface area contributed by atoms with E-state index in [-0.39, 0.29) is 18.3 Å². The number of benzene rings is 2. The number of carbonyl (C=O) groups is 1. The van der Waals surface area contributed by atoms with Crippen molar-refractivity contribution in [1.82, 2.24) is 9.80 Å². The number of carbonyl (C=O) groups excluding carboxylic acids is 1. The van der Waals surface area contributed by atoms with Crippen LogP contribution in [0, 0.1) is 5.82 Å². The van der Waals surface area contributed by atoms with E-state index in [1.807, 2.05) is 6.07 Å². The van der Waals surface area contributed by atoms with Crippen molar-refractivity contribution >= 4 is 29.1 Å². The van der Waals surface area contributed by atoms with Crippen LogP contribution in [-0.4, -0.2) is 48.5 Å². The van der Waals surface area contributed by atoms with Crippen molar-refractivity contribution in [2.75, 3.05) is 32.8 Å². The van der Waals surface area contributed by atoms with Crippen LogP contribution in [0.1, 0.15) is 5.56 Å². The fourth-order valence-corrected chi connectivity index (χ4v) is 3.38. The summed E-state index contributed by atoms with van der Waals surface area (Å²) in [7, 11) is 0. The molecule has 2 aromatic rings. The minimum Gasteiger partial charge on any atom is -0.481 e. The molecule has 3 rings (SSSR count). The van der Waals surface area contributed by atoms with Crippen molar-refractivity contribution < 1.29 is 13.9 Å². The van der Waals surface area contributed by atoms with Gasteiger partial charge >= 0.3 is 0 Å². The quantitative estimate of drug-likeness (QED) is 0.769. The zero-order valence-corrected chi connectivity index (χ0v) is 15.6. The lowest BCUT2D eigenvalue weighted by molar-refractivity contribution is -0.135. The van der Waals surface area contributed by atoms with Gasteiger partial charge in [0.15, 0.2) is 12.4 Å². The highest BCUT2D eigenvalue weighted by molar-refractivity contribution is 6.37. The van der Waals surface area contributed by atoms with Gasteiger partial charge in [0.2, 0.25) is 0 Å². The van der Waals surface area contributed by atoms with Crippen LogP contribution in [0.4, 0.5) is 4.39 Å². The summed E-state index contributed by atoms with van der Waals surface area (Å²) < 4.78 is 19.2. The highest BCUT2D eigenvalue weighted by Crippen LogP contribution is 2.32. The number of para-hydroxylation sites is 1. The first-order chi connectivity index (χ1) is 12.5. The number of hydrogen-bond donors (Lipinski definition) is 0. The van der Waals surface area contributed by atoms with Crippen molar-refractivity contribution in [2.45, 2.75) is 6.54 Å². The lowest BCUT2D eigenvalue weighted by atomic mass is 10.2. The summed E-state index contributed by atoms with van der Waals surface area (Å²) in [5, 5.41) is 0.750. The molecule has 1 heterocycles. The van der Waals surface area contributed by atoms with Gasteiger partial charge in [-0.3, -0.25) is 9.69 Å². The van der Waals surface area contributed by atoms with Gasteiger partial charge in [-0.05, 0) is 18.2 Å². The van der Waals surface area contributed by atoms with Crippen molar-refractivity contribution in [3.63, 3.8) is 0 Å². The molecule has 0 aromatic heterocycles. The number of piperazine rings is 1. The third-order valence-corrected chi connectivity index (χ3v) is 4.93. The third kappa shape index (κ3) is 4.67. The minimum atomic E-state index is -0.198. The molecule has 0 atom stereocenters. The van der Waals surface area contributed by atoms with E-state index in [1.54, 1.807) is 35.2 Å². The maximum Gasteiger partial charge on any atom is 0.260 e. The minimum absolute atomic E-state index is 0.114. The molecule has 0 radical (unpaired) electrons. The van der Waals surface area contributed by atoms with E-state index in [2.05, 4.69) is 4.90 Å². The van der Waals surface area contributed by atoms with Crippen molar-refractivity contribution in [1.29, 1.82) is 0 Å². The highest BCUT2D eigenvalue weighted by Gasteiger charge is 2.22. The highest BCUT2D eigenvalue weighted by atomic mass is 35.5. The van der Waals surface area contributed by atoms with Gasteiger partial charge in [-0.15, -0.1) is 0 Å². The average Bonchev–Trinajstić information content (AvgIpc) is 2.64. The molecule has 0 aliphatic carbocycles. The van der Waals surface area contributed by atoms with Crippen LogP contribution in [0.3, 0.4) is 0 Å². The van der Waals surface area contributed by atoms with Gasteiger partial charge in [0.1, 0.15) is 5.82 Å². The van der Waals surface area contributed by atoms with Crippen LogP contribution >= 0.6 is 23.2 Å². The molecule has 0 N–H and O–H groups in total. The Bertz CT molecular complexity index is 760. The van der Waals surface area contributed by atoms with E-state index in [9.17, 15) is 9.18 Å². The van der Waals surface area contributed by atoms with Gasteiger partial charge in [0, 0.05) is 38.3 Å². The Morgan fingerprint density at radius 1 is 1.00 bits per heavy atom. The number of nitrogens with zero attached hydrogens (tertiary/aromatic N) is 2. The molecule has 1 aliphatic heterocycles. The second-order valence-corrected chi connectivity index (χ2v) is 6.90. The zero-order valence-electron chi connectivity index (χ0n) is 14.1. The van der Waals surface area contributed by atoms with E-state index < -0.39 is 0 Å². The van der Waals surface area contributed by atoms with Crippen LogP contribution in [0.5, 0.6) is 5.75 Å². The summed E-state index contributed by atoms with van der Waals surface area (Å²) in [5.41, 5.74) is 0.670. The number of amides is 1. The number of rotatable bonds is 5. The Balaban J connectivity index is 1.48. The maximum absolute atomic E-state index is 13.7.